The normalized spacial score (nSPS) is 14.8. The summed E-state index contributed by atoms with van der Waals surface area (Å²) in [7, 11) is 2.06. The van der Waals surface area contributed by atoms with Crippen LogP contribution in [-0.4, -0.2) is 13.4 Å². The summed E-state index contributed by atoms with van der Waals surface area (Å²) in [5.74, 6) is 0. The van der Waals surface area contributed by atoms with E-state index in [0.29, 0.717) is 11.1 Å². The van der Waals surface area contributed by atoms with Crippen molar-refractivity contribution in [1.29, 1.82) is 0 Å². The molecule has 0 aliphatic carbocycles. The first kappa shape index (κ1) is 22.8. The molecule has 0 atom stereocenters. The molecule has 0 N–H and O–H groups in total. The lowest BCUT2D eigenvalue weighted by atomic mass is 9.20. The predicted molar refractivity (Wildman–Crippen MR) is 196 cm³/mol. The molecule has 0 bridgehead atoms. The Kier molecular flexibility index (Phi) is 5.77. The maximum Gasteiger partial charge on any atom is 0.240 e. The summed E-state index contributed by atoms with van der Waals surface area (Å²) >= 11 is 0. The zero-order chi connectivity index (χ0) is 36.4. The first-order chi connectivity index (χ1) is 24.1. The highest BCUT2D eigenvalue weighted by molar-refractivity contribution is 7.11. The van der Waals surface area contributed by atoms with Gasteiger partial charge in [-0.1, -0.05) is 146 Å². The van der Waals surface area contributed by atoms with Crippen LogP contribution in [0.1, 0.15) is 41.6 Å². The van der Waals surface area contributed by atoms with Gasteiger partial charge in [0.2, 0.25) is 19.1 Å². The minimum absolute atomic E-state index is 0.334. The van der Waals surface area contributed by atoms with Crippen LogP contribution in [0.5, 0.6) is 0 Å². The Morgan fingerprint density at radius 3 is 1.71 bits per heavy atom. The van der Waals surface area contributed by atoms with Crippen LogP contribution < -0.4 is 37.3 Å². The average molecular weight is 586 g/mol. The fourth-order valence-electron chi connectivity index (χ4n) is 7.41. The first-order valence-corrected chi connectivity index (χ1v) is 15.7. The van der Waals surface area contributed by atoms with E-state index in [-0.39, 0.29) is 13.4 Å². The number of hydrogen-bond acceptors (Lipinski definition) is 0. The maximum atomic E-state index is 8.60. The van der Waals surface area contributed by atoms with Gasteiger partial charge < -0.3 is 0 Å². The van der Waals surface area contributed by atoms with E-state index < -0.39 is 13.7 Å². The lowest BCUT2D eigenvalue weighted by Gasteiger charge is -2.34. The molecular formula is C42H40B2N+. The van der Waals surface area contributed by atoms with Gasteiger partial charge in [0, 0.05) is 25.9 Å². The van der Waals surface area contributed by atoms with Crippen molar-refractivity contribution in [1.82, 2.24) is 0 Å². The molecule has 1 aliphatic heterocycles. The zero-order valence-electron chi connectivity index (χ0n) is 32.6. The number of aryl methyl sites for hydroxylation is 7. The molecule has 0 saturated carbocycles. The van der Waals surface area contributed by atoms with Crippen molar-refractivity contribution in [2.24, 2.45) is 7.05 Å². The van der Waals surface area contributed by atoms with Gasteiger partial charge in [-0.3, -0.25) is 0 Å². The van der Waals surface area contributed by atoms with Crippen LogP contribution >= 0.6 is 0 Å². The molecule has 3 heteroatoms. The van der Waals surface area contributed by atoms with E-state index in [0.717, 1.165) is 66.3 Å². The van der Waals surface area contributed by atoms with Gasteiger partial charge in [0.1, 0.15) is 7.05 Å². The Labute approximate surface area is 278 Å². The van der Waals surface area contributed by atoms with Gasteiger partial charge in [0.25, 0.3) is 0 Å². The van der Waals surface area contributed by atoms with E-state index in [2.05, 4.69) is 92.3 Å². The molecule has 1 aliphatic rings. The second-order valence-corrected chi connectivity index (χ2v) is 12.6. The van der Waals surface area contributed by atoms with E-state index in [1.807, 2.05) is 50.2 Å². The molecule has 2 heterocycles. The molecule has 1 aromatic heterocycles. The molecular weight excluding hydrogens is 540 g/mol. The molecule has 45 heavy (non-hydrogen) atoms. The molecule has 0 unspecified atom stereocenters. The maximum absolute atomic E-state index is 8.60. The van der Waals surface area contributed by atoms with Crippen molar-refractivity contribution >= 4 is 46.2 Å². The minimum atomic E-state index is -2.33. The van der Waals surface area contributed by atoms with E-state index in [9.17, 15) is 0 Å². The summed E-state index contributed by atoms with van der Waals surface area (Å²) in [6.45, 7) is 2.82. The quantitative estimate of drug-likeness (QED) is 0.201. The number of nitrogens with zero attached hydrogens (tertiary/aromatic N) is 1. The van der Waals surface area contributed by atoms with Crippen LogP contribution in [0.3, 0.4) is 0 Å². The van der Waals surface area contributed by atoms with Crippen LogP contribution in [0, 0.1) is 41.4 Å². The molecule has 0 amide bonds. The zero-order valence-corrected chi connectivity index (χ0v) is 26.6. The number of fused-ring (bicyclic) bond motifs is 2. The Bertz CT molecular complexity index is 2330. The third-order valence-corrected chi connectivity index (χ3v) is 9.70. The van der Waals surface area contributed by atoms with Gasteiger partial charge in [0.15, 0.2) is 6.20 Å². The van der Waals surface area contributed by atoms with Gasteiger partial charge in [0.05, 0.1) is 0 Å². The largest absolute Gasteiger partial charge is 0.240 e. The van der Waals surface area contributed by atoms with Crippen molar-refractivity contribution in [2.75, 3.05) is 0 Å². The molecule has 7 rings (SSSR count). The highest BCUT2D eigenvalue weighted by atomic mass is 14.9. The van der Waals surface area contributed by atoms with Gasteiger partial charge in [-0.05, 0) is 69.7 Å². The number of benzene rings is 5. The Morgan fingerprint density at radius 2 is 1.07 bits per heavy atom. The van der Waals surface area contributed by atoms with Gasteiger partial charge in [-0.15, -0.1) is 0 Å². The summed E-state index contributed by atoms with van der Waals surface area (Å²) in [5, 5.41) is 0. The molecule has 6 aromatic rings. The van der Waals surface area contributed by atoms with E-state index >= 15 is 0 Å². The third kappa shape index (κ3) is 4.95. The van der Waals surface area contributed by atoms with Crippen molar-refractivity contribution in [3.8, 4) is 22.4 Å². The monoisotopic (exact) mass is 586 g/mol. The topological polar surface area (TPSA) is 3.88 Å². The summed E-state index contributed by atoms with van der Waals surface area (Å²) in [5.41, 5.74) is 14.7. The summed E-state index contributed by atoms with van der Waals surface area (Å²) < 4.78 is 53.6. The number of rotatable bonds is 4. The number of hydrogen-bond donors (Lipinski definition) is 0. The summed E-state index contributed by atoms with van der Waals surface area (Å²) in [6, 6.07) is 36.6. The van der Waals surface area contributed by atoms with Gasteiger partial charge in [-0.2, -0.15) is 0 Å². The average Bonchev–Trinajstić information content (AvgIpc) is 3.08. The fraction of sp³-hybridized carbons (Fsp3) is 0.167. The standard InChI is InChI=1S/C42H40B2N/c1-27-22-23-45(7)40(24-27)35-25-33(19-18-28(35)2)34-20-21-38-39(26-34)44(42-31(5)14-11-15-32(42)6)37-17-9-8-16-36(37)43(38)41-29(3)12-10-13-30(41)4/h8-26H,1-7H3/q+1/i3D3,5D3. The van der Waals surface area contributed by atoms with E-state index in [1.54, 1.807) is 12.1 Å². The SMILES string of the molecule is [2H]C([2H])([2H])c1cccc(C)c1B1c2ccccc2B(c2c(C)cccc2C([2H])([2H])[2H])c2cc(-c3ccc(C)c(-c4cc(C)cc[n+]4C)c3)ccc21. The Hall–Kier alpha value is -4.62. The summed E-state index contributed by atoms with van der Waals surface area (Å²) in [4.78, 5) is 0. The lowest BCUT2D eigenvalue weighted by Crippen LogP contribution is -2.75. The lowest BCUT2D eigenvalue weighted by molar-refractivity contribution is -0.660. The van der Waals surface area contributed by atoms with Crippen LogP contribution in [-0.2, 0) is 7.05 Å². The van der Waals surface area contributed by atoms with E-state index in [4.69, 9.17) is 8.22 Å². The highest BCUT2D eigenvalue weighted by Crippen LogP contribution is 2.28. The second kappa shape index (κ2) is 11.4. The smallest absolute Gasteiger partial charge is 0.201 e. The second-order valence-electron chi connectivity index (χ2n) is 12.6. The van der Waals surface area contributed by atoms with Crippen molar-refractivity contribution < 1.29 is 12.8 Å². The third-order valence-electron chi connectivity index (χ3n) is 9.70. The van der Waals surface area contributed by atoms with E-state index in [1.165, 1.54) is 11.1 Å². The number of aromatic nitrogens is 1. The molecule has 218 valence electrons. The van der Waals surface area contributed by atoms with Crippen LogP contribution in [0.25, 0.3) is 22.4 Å². The first-order valence-electron chi connectivity index (χ1n) is 18.7. The highest BCUT2D eigenvalue weighted by Gasteiger charge is 2.40. The Balaban J connectivity index is 1.55. The minimum Gasteiger partial charge on any atom is -0.201 e. The van der Waals surface area contributed by atoms with Crippen molar-refractivity contribution in [3.05, 3.63) is 149 Å². The molecule has 0 radical (unpaired) electrons. The van der Waals surface area contributed by atoms with Crippen LogP contribution in [0.4, 0.5) is 0 Å². The molecule has 0 spiro atoms. The fourth-order valence-corrected chi connectivity index (χ4v) is 7.41. The summed E-state index contributed by atoms with van der Waals surface area (Å²) in [6.07, 6.45) is 2.08. The van der Waals surface area contributed by atoms with Gasteiger partial charge >= 0.3 is 0 Å². The molecule has 5 aromatic carbocycles. The van der Waals surface area contributed by atoms with Crippen molar-refractivity contribution in [2.45, 2.75) is 41.4 Å². The predicted octanol–water partition coefficient (Wildman–Crippen LogP) is 5.04. The Morgan fingerprint density at radius 1 is 0.511 bits per heavy atom. The van der Waals surface area contributed by atoms with Crippen molar-refractivity contribution in [3.63, 3.8) is 0 Å². The molecule has 1 nitrogen and oxygen atoms in total. The molecule has 0 fully saturated rings. The molecule has 0 saturated heterocycles. The van der Waals surface area contributed by atoms with Gasteiger partial charge in [-0.25, -0.2) is 4.57 Å². The van der Waals surface area contributed by atoms with Crippen LogP contribution in [0.2, 0.25) is 0 Å². The van der Waals surface area contributed by atoms with Crippen LogP contribution in [0.15, 0.2) is 115 Å². The number of pyridine rings is 1.